The normalized spacial score (nSPS) is 27.0. The van der Waals surface area contributed by atoms with Crippen molar-refractivity contribution < 1.29 is 17.9 Å². The highest BCUT2D eigenvalue weighted by Crippen LogP contribution is 2.63. The van der Waals surface area contributed by atoms with Crippen LogP contribution < -0.4 is 0 Å². The van der Waals surface area contributed by atoms with Crippen LogP contribution in [0.2, 0.25) is 0 Å². The molecular weight excluding hydrogens is 302 g/mol. The number of rotatable bonds is 5. The Bertz CT molecular complexity index is 718. The van der Waals surface area contributed by atoms with Gasteiger partial charge in [0.05, 0.1) is 12.7 Å². The van der Waals surface area contributed by atoms with E-state index in [1.807, 2.05) is 25.1 Å². The minimum absolute atomic E-state index is 0.111. The smallest absolute Gasteiger partial charge is 0.328 e. The largest absolute Gasteiger partial charge is 0.465 e. The molecule has 1 fully saturated rings. The first kappa shape index (κ1) is 16.5. The van der Waals surface area contributed by atoms with Gasteiger partial charge in [0.2, 0.25) is 0 Å². The SMILES string of the molecule is CCOC(=O)[C@]1(C#N)[C@H](c2ccc(CC)cc2)[C@@H]1S(C)(=O)=O. The second-order valence-electron chi connectivity index (χ2n) is 5.52. The summed E-state index contributed by atoms with van der Waals surface area (Å²) in [5.74, 6) is -1.42. The van der Waals surface area contributed by atoms with Crippen LogP contribution in [0.25, 0.3) is 0 Å². The average molecular weight is 321 g/mol. The van der Waals surface area contributed by atoms with E-state index in [1.165, 1.54) is 0 Å². The Morgan fingerprint density at radius 1 is 1.32 bits per heavy atom. The van der Waals surface area contributed by atoms with E-state index >= 15 is 0 Å². The standard InChI is InChI=1S/C16H19NO4S/c1-4-11-6-8-12(9-7-11)13-14(22(3,19)20)16(13,10-17)15(18)21-5-2/h6-9,13-14H,4-5H2,1-3H3/t13-,14+,16-/m1/s1. The minimum Gasteiger partial charge on any atom is -0.465 e. The van der Waals surface area contributed by atoms with Gasteiger partial charge in [-0.3, -0.25) is 4.79 Å². The van der Waals surface area contributed by atoms with Crippen LogP contribution in [-0.2, 0) is 25.8 Å². The Hall–Kier alpha value is -1.87. The van der Waals surface area contributed by atoms with Gasteiger partial charge in [-0.2, -0.15) is 5.26 Å². The minimum atomic E-state index is -3.55. The molecule has 0 radical (unpaired) electrons. The zero-order valence-corrected chi connectivity index (χ0v) is 13.7. The number of nitriles is 1. The molecule has 3 atom stereocenters. The van der Waals surface area contributed by atoms with Gasteiger partial charge in [-0.15, -0.1) is 0 Å². The van der Waals surface area contributed by atoms with Gasteiger partial charge in [0.25, 0.3) is 0 Å². The maximum Gasteiger partial charge on any atom is 0.328 e. The molecule has 22 heavy (non-hydrogen) atoms. The second kappa shape index (κ2) is 5.73. The van der Waals surface area contributed by atoms with Gasteiger partial charge in [-0.25, -0.2) is 8.42 Å². The fourth-order valence-electron chi connectivity index (χ4n) is 3.01. The summed E-state index contributed by atoms with van der Waals surface area (Å²) in [6, 6.07) is 9.28. The number of hydrogen-bond donors (Lipinski definition) is 0. The first-order valence-corrected chi connectivity index (χ1v) is 9.14. The number of aryl methyl sites for hydroxylation is 1. The zero-order valence-electron chi connectivity index (χ0n) is 12.9. The monoisotopic (exact) mass is 321 g/mol. The van der Waals surface area contributed by atoms with Crippen LogP contribution >= 0.6 is 0 Å². The molecule has 0 unspecified atom stereocenters. The molecule has 1 aromatic carbocycles. The van der Waals surface area contributed by atoms with E-state index in [9.17, 15) is 18.5 Å². The van der Waals surface area contributed by atoms with Gasteiger partial charge in [-0.1, -0.05) is 31.2 Å². The number of sulfone groups is 1. The summed E-state index contributed by atoms with van der Waals surface area (Å²) < 4.78 is 29.0. The van der Waals surface area contributed by atoms with Crippen molar-refractivity contribution >= 4 is 15.8 Å². The molecule has 118 valence electrons. The van der Waals surface area contributed by atoms with E-state index in [2.05, 4.69) is 0 Å². The number of esters is 1. The highest BCUT2D eigenvalue weighted by molar-refractivity contribution is 7.91. The highest BCUT2D eigenvalue weighted by atomic mass is 32.2. The van der Waals surface area contributed by atoms with Gasteiger partial charge < -0.3 is 4.74 Å². The molecule has 1 aromatic rings. The van der Waals surface area contributed by atoms with Crippen LogP contribution in [0, 0.1) is 16.7 Å². The topological polar surface area (TPSA) is 84.2 Å². The van der Waals surface area contributed by atoms with Crippen LogP contribution in [0.5, 0.6) is 0 Å². The summed E-state index contributed by atoms with van der Waals surface area (Å²) in [5.41, 5.74) is 0.165. The van der Waals surface area contributed by atoms with E-state index in [0.29, 0.717) is 5.56 Å². The maximum absolute atomic E-state index is 12.2. The molecule has 0 aliphatic heterocycles. The van der Waals surface area contributed by atoms with E-state index in [1.54, 1.807) is 19.1 Å². The molecule has 0 bridgehead atoms. The molecule has 0 heterocycles. The van der Waals surface area contributed by atoms with Crippen LogP contribution in [-0.4, -0.2) is 32.5 Å². The third-order valence-electron chi connectivity index (χ3n) is 4.14. The lowest BCUT2D eigenvalue weighted by molar-refractivity contribution is -0.147. The molecular formula is C16H19NO4S. The average Bonchev–Trinajstić information content (AvgIpc) is 3.18. The molecule has 6 heteroatoms. The lowest BCUT2D eigenvalue weighted by Crippen LogP contribution is -2.24. The number of benzene rings is 1. The second-order valence-corrected chi connectivity index (χ2v) is 7.69. The third kappa shape index (κ3) is 2.50. The molecule has 0 aromatic heterocycles. The van der Waals surface area contributed by atoms with Crippen molar-refractivity contribution in [3.05, 3.63) is 35.4 Å². The molecule has 1 aliphatic rings. The Morgan fingerprint density at radius 2 is 1.91 bits per heavy atom. The Morgan fingerprint density at radius 3 is 2.32 bits per heavy atom. The number of nitrogens with zero attached hydrogens (tertiary/aromatic N) is 1. The Labute approximate surface area is 130 Å². The van der Waals surface area contributed by atoms with Crippen molar-refractivity contribution in [2.75, 3.05) is 12.9 Å². The predicted octanol–water partition coefficient (Wildman–Crippen LogP) is 1.83. The number of carbonyl (C=O) groups excluding carboxylic acids is 1. The van der Waals surface area contributed by atoms with Crippen LogP contribution in [0.15, 0.2) is 24.3 Å². The lowest BCUT2D eigenvalue weighted by atomic mass is 9.99. The first-order chi connectivity index (χ1) is 10.3. The maximum atomic E-state index is 12.2. The number of ether oxygens (including phenoxy) is 1. The molecule has 1 aliphatic carbocycles. The van der Waals surface area contributed by atoms with Gasteiger partial charge in [0.15, 0.2) is 15.3 Å². The quantitative estimate of drug-likeness (QED) is 0.773. The van der Waals surface area contributed by atoms with Crippen molar-refractivity contribution in [1.82, 2.24) is 0 Å². The zero-order chi connectivity index (χ0) is 16.5. The fraction of sp³-hybridized carbons (Fsp3) is 0.500. The summed E-state index contributed by atoms with van der Waals surface area (Å²) in [7, 11) is -3.55. The Balaban J connectivity index is 2.47. The van der Waals surface area contributed by atoms with E-state index in [0.717, 1.165) is 18.2 Å². The van der Waals surface area contributed by atoms with Gasteiger partial charge in [0.1, 0.15) is 5.25 Å². The van der Waals surface area contributed by atoms with E-state index in [4.69, 9.17) is 4.74 Å². The summed E-state index contributed by atoms with van der Waals surface area (Å²) in [6.07, 6.45) is 1.92. The van der Waals surface area contributed by atoms with Crippen LogP contribution in [0.3, 0.4) is 0 Å². The summed E-state index contributed by atoms with van der Waals surface area (Å²) in [5, 5.41) is 8.46. The summed E-state index contributed by atoms with van der Waals surface area (Å²) in [6.45, 7) is 3.76. The molecule has 0 saturated heterocycles. The van der Waals surface area contributed by atoms with Gasteiger partial charge in [-0.05, 0) is 24.5 Å². The molecule has 0 amide bonds. The number of hydrogen-bond acceptors (Lipinski definition) is 5. The Kier molecular flexibility index (Phi) is 4.30. The fourth-order valence-corrected chi connectivity index (χ4v) is 4.77. The predicted molar refractivity (Wildman–Crippen MR) is 81.9 cm³/mol. The first-order valence-electron chi connectivity index (χ1n) is 7.19. The summed E-state index contributed by atoms with van der Waals surface area (Å²) >= 11 is 0. The van der Waals surface area contributed by atoms with E-state index in [-0.39, 0.29) is 6.61 Å². The molecule has 0 spiro atoms. The van der Waals surface area contributed by atoms with Crippen molar-refractivity contribution in [2.24, 2.45) is 5.41 Å². The third-order valence-corrected chi connectivity index (χ3v) is 5.71. The summed E-state index contributed by atoms with van der Waals surface area (Å²) in [4.78, 5) is 12.2. The van der Waals surface area contributed by atoms with Crippen molar-refractivity contribution in [2.45, 2.75) is 31.4 Å². The molecule has 0 N–H and O–H groups in total. The molecule has 5 nitrogen and oxygen atoms in total. The van der Waals surface area contributed by atoms with Gasteiger partial charge >= 0.3 is 5.97 Å². The van der Waals surface area contributed by atoms with Crippen LogP contribution in [0.4, 0.5) is 0 Å². The van der Waals surface area contributed by atoms with Gasteiger partial charge in [0, 0.05) is 12.2 Å². The van der Waals surface area contributed by atoms with Crippen molar-refractivity contribution in [3.8, 4) is 6.07 Å². The van der Waals surface area contributed by atoms with Crippen molar-refractivity contribution in [1.29, 1.82) is 5.26 Å². The van der Waals surface area contributed by atoms with Crippen molar-refractivity contribution in [3.63, 3.8) is 0 Å². The number of carbonyl (C=O) groups is 1. The highest BCUT2D eigenvalue weighted by Gasteiger charge is 2.76. The van der Waals surface area contributed by atoms with Crippen LogP contribution in [0.1, 0.15) is 30.9 Å². The lowest BCUT2D eigenvalue weighted by Gasteiger charge is -2.08. The molecule has 2 rings (SSSR count). The van der Waals surface area contributed by atoms with E-state index < -0.39 is 32.4 Å². The molecule has 1 saturated carbocycles.